The van der Waals surface area contributed by atoms with Gasteiger partial charge in [-0.2, -0.15) is 0 Å². The van der Waals surface area contributed by atoms with Crippen LogP contribution in [0.3, 0.4) is 0 Å². The fourth-order valence-corrected chi connectivity index (χ4v) is 3.00. The van der Waals surface area contributed by atoms with Gasteiger partial charge >= 0.3 is 0 Å². The zero-order valence-corrected chi connectivity index (χ0v) is 13.0. The lowest BCUT2D eigenvalue weighted by atomic mass is 10.4. The van der Waals surface area contributed by atoms with Crippen molar-refractivity contribution in [2.75, 3.05) is 16.4 Å². The Morgan fingerprint density at radius 2 is 2.30 bits per heavy atom. The molecule has 0 spiro atoms. The maximum Gasteiger partial charge on any atom is 0.236 e. The lowest BCUT2D eigenvalue weighted by Gasteiger charge is -2.03. The summed E-state index contributed by atoms with van der Waals surface area (Å²) in [5.41, 5.74) is 0. The number of carbonyl (C=O) groups excluding carboxylic acids is 1. The number of aryl methyl sites for hydroxylation is 1. The molecule has 2 N–H and O–H groups in total. The van der Waals surface area contributed by atoms with Crippen molar-refractivity contribution >= 4 is 40.0 Å². The molecule has 0 unspecified atom stereocenters. The van der Waals surface area contributed by atoms with Crippen LogP contribution < -0.4 is 10.6 Å². The molecule has 0 bridgehead atoms. The minimum absolute atomic E-state index is 0.156. The highest BCUT2D eigenvalue weighted by atomic mass is 32.2. The van der Waals surface area contributed by atoms with E-state index in [1.165, 1.54) is 23.1 Å². The highest BCUT2D eigenvalue weighted by Crippen LogP contribution is 2.25. The summed E-state index contributed by atoms with van der Waals surface area (Å²) < 4.78 is 5.62. The Balaban J connectivity index is 1.79. The van der Waals surface area contributed by atoms with Gasteiger partial charge in [0, 0.05) is 12.1 Å². The number of anilines is 2. The fraction of sp³-hybridized carbons (Fsp3) is 0.455. The van der Waals surface area contributed by atoms with Crippen LogP contribution in [0.1, 0.15) is 19.6 Å². The SMILES string of the molecule is Cc1cc(NC(=O)CSc2nnc(NC(C)C)s2)no1. The topological polar surface area (TPSA) is 92.9 Å². The predicted octanol–water partition coefficient (Wildman–Crippen LogP) is 2.39. The van der Waals surface area contributed by atoms with Crippen LogP contribution in [0.4, 0.5) is 10.9 Å². The van der Waals surface area contributed by atoms with Crippen LogP contribution in [0.5, 0.6) is 0 Å². The summed E-state index contributed by atoms with van der Waals surface area (Å²) >= 11 is 2.77. The Morgan fingerprint density at radius 1 is 1.50 bits per heavy atom. The third kappa shape index (κ3) is 4.49. The first kappa shape index (κ1) is 14.8. The van der Waals surface area contributed by atoms with Crippen molar-refractivity contribution < 1.29 is 9.32 Å². The van der Waals surface area contributed by atoms with Crippen LogP contribution in [0.25, 0.3) is 0 Å². The summed E-state index contributed by atoms with van der Waals surface area (Å²) in [6.45, 7) is 5.82. The van der Waals surface area contributed by atoms with Gasteiger partial charge in [0.05, 0.1) is 5.75 Å². The number of hydrogen-bond acceptors (Lipinski definition) is 8. The van der Waals surface area contributed by atoms with Gasteiger partial charge in [0.15, 0.2) is 10.2 Å². The molecule has 0 aliphatic rings. The third-order valence-electron chi connectivity index (χ3n) is 2.04. The van der Waals surface area contributed by atoms with Crippen LogP contribution in [0.2, 0.25) is 0 Å². The van der Waals surface area contributed by atoms with Gasteiger partial charge in [-0.3, -0.25) is 4.79 Å². The zero-order chi connectivity index (χ0) is 14.5. The molecule has 2 heterocycles. The van der Waals surface area contributed by atoms with E-state index in [4.69, 9.17) is 4.52 Å². The standard InChI is InChI=1S/C11H15N5O2S2/c1-6(2)12-10-14-15-11(20-10)19-5-9(17)13-8-4-7(3)18-16-8/h4,6H,5H2,1-3H3,(H,12,14)(H,13,16,17). The first-order valence-electron chi connectivity index (χ1n) is 5.99. The lowest BCUT2D eigenvalue weighted by Crippen LogP contribution is -2.14. The molecule has 2 rings (SSSR count). The van der Waals surface area contributed by atoms with Crippen LogP contribution in [-0.4, -0.2) is 33.1 Å². The summed E-state index contributed by atoms with van der Waals surface area (Å²) in [6, 6.07) is 1.97. The number of amides is 1. The number of thioether (sulfide) groups is 1. The lowest BCUT2D eigenvalue weighted by molar-refractivity contribution is -0.113. The second-order valence-electron chi connectivity index (χ2n) is 4.33. The molecule has 1 amide bonds. The number of rotatable bonds is 6. The van der Waals surface area contributed by atoms with Gasteiger partial charge in [0.25, 0.3) is 0 Å². The highest BCUT2D eigenvalue weighted by molar-refractivity contribution is 8.01. The van der Waals surface area contributed by atoms with Crippen LogP contribution >= 0.6 is 23.1 Å². The summed E-state index contributed by atoms with van der Waals surface area (Å²) in [4.78, 5) is 11.7. The number of hydrogen-bond donors (Lipinski definition) is 2. The molecule has 0 atom stereocenters. The molecule has 7 nitrogen and oxygen atoms in total. The van der Waals surface area contributed by atoms with Crippen molar-refractivity contribution in [1.82, 2.24) is 15.4 Å². The van der Waals surface area contributed by atoms with E-state index in [9.17, 15) is 4.79 Å². The smallest absolute Gasteiger partial charge is 0.236 e. The van der Waals surface area contributed by atoms with Crippen LogP contribution in [0.15, 0.2) is 14.9 Å². The average molecular weight is 313 g/mol. The molecule has 108 valence electrons. The Bertz CT molecular complexity index is 581. The van der Waals surface area contributed by atoms with Gasteiger partial charge in [-0.05, 0) is 20.8 Å². The molecular weight excluding hydrogens is 298 g/mol. The summed E-state index contributed by atoms with van der Waals surface area (Å²) in [6.07, 6.45) is 0. The number of aromatic nitrogens is 3. The molecule has 9 heteroatoms. The van der Waals surface area contributed by atoms with Crippen molar-refractivity contribution in [1.29, 1.82) is 0 Å². The van der Waals surface area contributed by atoms with Crippen LogP contribution in [-0.2, 0) is 4.79 Å². The molecule has 2 aromatic heterocycles. The zero-order valence-electron chi connectivity index (χ0n) is 11.3. The van der Waals surface area contributed by atoms with Gasteiger partial charge in [0.1, 0.15) is 5.76 Å². The van der Waals surface area contributed by atoms with Gasteiger partial charge in [-0.15, -0.1) is 10.2 Å². The first-order chi connectivity index (χ1) is 9.52. The summed E-state index contributed by atoms with van der Waals surface area (Å²) in [7, 11) is 0. The molecule has 20 heavy (non-hydrogen) atoms. The number of carbonyl (C=O) groups is 1. The summed E-state index contributed by atoms with van der Waals surface area (Å²) in [5.74, 6) is 1.17. The Morgan fingerprint density at radius 3 is 2.95 bits per heavy atom. The molecule has 0 aliphatic carbocycles. The molecule has 0 aromatic carbocycles. The van der Waals surface area contributed by atoms with E-state index in [0.717, 1.165) is 9.47 Å². The van der Waals surface area contributed by atoms with Gasteiger partial charge in [-0.1, -0.05) is 28.3 Å². The Labute approximate surface area is 124 Å². The maximum atomic E-state index is 11.7. The van der Waals surface area contributed by atoms with Gasteiger partial charge in [-0.25, -0.2) is 0 Å². The van der Waals surface area contributed by atoms with Crippen molar-refractivity contribution in [3.05, 3.63) is 11.8 Å². The molecular formula is C11H15N5O2S2. The molecule has 0 fully saturated rings. The van der Waals surface area contributed by atoms with Crippen molar-refractivity contribution in [2.45, 2.75) is 31.2 Å². The average Bonchev–Trinajstić information content (AvgIpc) is 2.96. The third-order valence-corrected chi connectivity index (χ3v) is 4.03. The van der Waals surface area contributed by atoms with E-state index in [1.807, 2.05) is 13.8 Å². The second-order valence-corrected chi connectivity index (χ2v) is 6.53. The molecule has 0 aliphatic heterocycles. The molecule has 0 saturated carbocycles. The minimum atomic E-state index is -0.156. The van der Waals surface area contributed by atoms with Crippen molar-refractivity contribution in [3.8, 4) is 0 Å². The molecule has 0 radical (unpaired) electrons. The maximum absolute atomic E-state index is 11.7. The van der Waals surface area contributed by atoms with E-state index < -0.39 is 0 Å². The number of nitrogens with zero attached hydrogens (tertiary/aromatic N) is 3. The van der Waals surface area contributed by atoms with Crippen molar-refractivity contribution in [2.24, 2.45) is 0 Å². The second kappa shape index (κ2) is 6.71. The normalized spacial score (nSPS) is 10.8. The highest BCUT2D eigenvalue weighted by Gasteiger charge is 2.10. The largest absolute Gasteiger partial charge is 0.360 e. The van der Waals surface area contributed by atoms with E-state index in [0.29, 0.717) is 17.6 Å². The Kier molecular flexibility index (Phi) is 4.96. The van der Waals surface area contributed by atoms with Gasteiger partial charge < -0.3 is 15.2 Å². The summed E-state index contributed by atoms with van der Waals surface area (Å²) in [5, 5.41) is 18.3. The van der Waals surface area contributed by atoms with E-state index >= 15 is 0 Å². The Hall–Kier alpha value is -1.61. The molecule has 0 saturated heterocycles. The minimum Gasteiger partial charge on any atom is -0.360 e. The quantitative estimate of drug-likeness (QED) is 0.791. The van der Waals surface area contributed by atoms with Gasteiger partial charge in [0.2, 0.25) is 11.0 Å². The first-order valence-corrected chi connectivity index (χ1v) is 7.79. The number of nitrogens with one attached hydrogen (secondary N) is 2. The fourth-order valence-electron chi connectivity index (χ4n) is 1.30. The van der Waals surface area contributed by atoms with E-state index in [-0.39, 0.29) is 11.7 Å². The van der Waals surface area contributed by atoms with Crippen LogP contribution in [0, 0.1) is 6.92 Å². The van der Waals surface area contributed by atoms with Crippen molar-refractivity contribution in [3.63, 3.8) is 0 Å². The van der Waals surface area contributed by atoms with E-state index in [2.05, 4.69) is 26.0 Å². The predicted molar refractivity (Wildman–Crippen MR) is 79.3 cm³/mol. The molecule has 2 aromatic rings. The van der Waals surface area contributed by atoms with E-state index in [1.54, 1.807) is 13.0 Å². The monoisotopic (exact) mass is 313 g/mol.